The van der Waals surface area contributed by atoms with Gasteiger partial charge in [0.2, 0.25) is 0 Å². The van der Waals surface area contributed by atoms with Gasteiger partial charge in [-0.2, -0.15) is 0 Å². The van der Waals surface area contributed by atoms with Crippen LogP contribution in [-0.2, 0) is 0 Å². The fourth-order valence-corrected chi connectivity index (χ4v) is 2.58. The summed E-state index contributed by atoms with van der Waals surface area (Å²) in [7, 11) is 4.50. The van der Waals surface area contributed by atoms with Gasteiger partial charge in [0.05, 0.1) is 0 Å². The molecule has 0 aliphatic carbocycles. The molecule has 2 nitrogen and oxygen atoms in total. The molecule has 0 aromatic rings. The lowest BCUT2D eigenvalue weighted by Crippen LogP contribution is -2.41. The molecule has 0 aromatic heterocycles. The third-order valence-corrected chi connectivity index (χ3v) is 4.13. The van der Waals surface area contributed by atoms with Crippen LogP contribution in [0.5, 0.6) is 0 Å². The van der Waals surface area contributed by atoms with Crippen molar-refractivity contribution in [2.75, 3.05) is 33.7 Å². The number of allylic oxidation sites excluding steroid dienone is 3. The maximum atomic E-state index is 2.53. The first-order valence-corrected chi connectivity index (χ1v) is 7.67. The molecule has 0 saturated carbocycles. The molecule has 1 fully saturated rings. The van der Waals surface area contributed by atoms with Gasteiger partial charge in [0.1, 0.15) is 0 Å². The number of hydrogen-bond acceptors (Lipinski definition) is 2. The molecule has 0 bridgehead atoms. The molecule has 0 N–H and O–H groups in total. The van der Waals surface area contributed by atoms with Crippen LogP contribution in [0, 0.1) is 0 Å². The molecule has 2 heteroatoms. The molecule has 0 radical (unpaired) electrons. The van der Waals surface area contributed by atoms with Gasteiger partial charge in [-0.15, -0.1) is 0 Å². The minimum absolute atomic E-state index is 0.776. The first-order chi connectivity index (χ1) is 8.99. The smallest absolute Gasteiger partial charge is 0.0165 e. The quantitative estimate of drug-likeness (QED) is 0.675. The molecule has 1 heterocycles. The highest BCUT2D eigenvalue weighted by Gasteiger charge is 2.19. The predicted octanol–water partition coefficient (Wildman–Crippen LogP) is 3.71. The van der Waals surface area contributed by atoms with E-state index in [1.54, 1.807) is 0 Å². The monoisotopic (exact) mass is 264 g/mol. The van der Waals surface area contributed by atoms with Gasteiger partial charge in [-0.3, -0.25) is 4.90 Å². The van der Waals surface area contributed by atoms with Crippen molar-refractivity contribution in [3.8, 4) is 0 Å². The SMILES string of the molecule is CC(C)=CCCC(C)=CCN(C)C1CCN(C)CC1. The van der Waals surface area contributed by atoms with Gasteiger partial charge in [0, 0.05) is 12.6 Å². The fourth-order valence-electron chi connectivity index (χ4n) is 2.58. The zero-order valence-electron chi connectivity index (χ0n) is 13.6. The van der Waals surface area contributed by atoms with Crippen LogP contribution >= 0.6 is 0 Å². The summed E-state index contributed by atoms with van der Waals surface area (Å²) in [5.41, 5.74) is 2.95. The van der Waals surface area contributed by atoms with Crippen LogP contribution in [0.15, 0.2) is 23.3 Å². The van der Waals surface area contributed by atoms with E-state index in [-0.39, 0.29) is 0 Å². The lowest BCUT2D eigenvalue weighted by atomic mass is 10.0. The van der Waals surface area contributed by atoms with E-state index < -0.39 is 0 Å². The number of hydrogen-bond donors (Lipinski definition) is 0. The van der Waals surface area contributed by atoms with Crippen molar-refractivity contribution >= 4 is 0 Å². The van der Waals surface area contributed by atoms with Crippen molar-refractivity contribution in [1.29, 1.82) is 0 Å². The highest BCUT2D eigenvalue weighted by atomic mass is 15.2. The van der Waals surface area contributed by atoms with E-state index in [4.69, 9.17) is 0 Å². The molecule has 1 rings (SSSR count). The van der Waals surface area contributed by atoms with Crippen LogP contribution in [0.3, 0.4) is 0 Å². The van der Waals surface area contributed by atoms with Gasteiger partial charge in [-0.1, -0.05) is 23.3 Å². The summed E-state index contributed by atoms with van der Waals surface area (Å²) in [6.07, 6.45) is 9.76. The Morgan fingerprint density at radius 2 is 1.79 bits per heavy atom. The van der Waals surface area contributed by atoms with Gasteiger partial charge in [0.15, 0.2) is 0 Å². The van der Waals surface area contributed by atoms with Gasteiger partial charge < -0.3 is 4.90 Å². The molecular formula is C17H32N2. The zero-order chi connectivity index (χ0) is 14.3. The Bertz CT molecular complexity index is 305. The molecule has 0 amide bonds. The largest absolute Gasteiger partial charge is 0.306 e. The summed E-state index contributed by atoms with van der Waals surface area (Å²) < 4.78 is 0. The molecule has 19 heavy (non-hydrogen) atoms. The second-order valence-electron chi connectivity index (χ2n) is 6.34. The molecular weight excluding hydrogens is 232 g/mol. The van der Waals surface area contributed by atoms with E-state index in [2.05, 4.69) is 56.8 Å². The Morgan fingerprint density at radius 1 is 1.16 bits per heavy atom. The molecule has 1 saturated heterocycles. The van der Waals surface area contributed by atoms with Crippen molar-refractivity contribution in [3.05, 3.63) is 23.3 Å². The molecule has 1 aliphatic heterocycles. The standard InChI is InChI=1S/C17H32N2/c1-15(2)7-6-8-16(3)9-14-19(5)17-10-12-18(4)13-11-17/h7,9,17H,6,8,10-14H2,1-5H3. The van der Waals surface area contributed by atoms with Crippen molar-refractivity contribution < 1.29 is 0 Å². The Kier molecular flexibility index (Phi) is 7.40. The van der Waals surface area contributed by atoms with Crippen LogP contribution < -0.4 is 0 Å². The number of rotatable bonds is 6. The topological polar surface area (TPSA) is 6.48 Å². The second-order valence-corrected chi connectivity index (χ2v) is 6.34. The van der Waals surface area contributed by atoms with Crippen molar-refractivity contribution in [3.63, 3.8) is 0 Å². The van der Waals surface area contributed by atoms with Gasteiger partial charge in [-0.05, 0) is 73.6 Å². The van der Waals surface area contributed by atoms with E-state index in [9.17, 15) is 0 Å². The fraction of sp³-hybridized carbons (Fsp3) is 0.765. The highest BCUT2D eigenvalue weighted by Crippen LogP contribution is 2.14. The van der Waals surface area contributed by atoms with Crippen LogP contribution in [0.2, 0.25) is 0 Å². The summed E-state index contributed by atoms with van der Waals surface area (Å²) in [4.78, 5) is 4.96. The Balaban J connectivity index is 2.27. The Morgan fingerprint density at radius 3 is 2.37 bits per heavy atom. The van der Waals surface area contributed by atoms with Crippen LogP contribution in [0.25, 0.3) is 0 Å². The molecule has 0 spiro atoms. The summed E-state index contributed by atoms with van der Waals surface area (Å²) in [5, 5.41) is 0. The maximum absolute atomic E-state index is 2.53. The minimum Gasteiger partial charge on any atom is -0.306 e. The predicted molar refractivity (Wildman–Crippen MR) is 85.6 cm³/mol. The normalized spacial score (nSPS) is 18.9. The van der Waals surface area contributed by atoms with E-state index in [1.807, 2.05) is 0 Å². The molecule has 0 atom stereocenters. The van der Waals surface area contributed by atoms with E-state index >= 15 is 0 Å². The number of nitrogens with zero attached hydrogens (tertiary/aromatic N) is 2. The third-order valence-electron chi connectivity index (χ3n) is 4.13. The average molecular weight is 264 g/mol. The minimum atomic E-state index is 0.776. The third kappa shape index (κ3) is 6.93. The molecule has 0 unspecified atom stereocenters. The van der Waals surface area contributed by atoms with Gasteiger partial charge >= 0.3 is 0 Å². The summed E-state index contributed by atoms with van der Waals surface area (Å²) >= 11 is 0. The van der Waals surface area contributed by atoms with Crippen LogP contribution in [0.4, 0.5) is 0 Å². The summed E-state index contributed by atoms with van der Waals surface area (Å²) in [6, 6.07) is 0.776. The van der Waals surface area contributed by atoms with Crippen molar-refractivity contribution in [2.45, 2.75) is 52.5 Å². The van der Waals surface area contributed by atoms with Crippen LogP contribution in [-0.4, -0.2) is 49.6 Å². The second kappa shape index (κ2) is 8.55. The van der Waals surface area contributed by atoms with E-state index in [1.165, 1.54) is 49.9 Å². The molecule has 0 aromatic carbocycles. The number of piperidine rings is 1. The van der Waals surface area contributed by atoms with E-state index in [0.717, 1.165) is 12.6 Å². The lowest BCUT2D eigenvalue weighted by molar-refractivity contribution is 0.154. The zero-order valence-corrected chi connectivity index (χ0v) is 13.6. The van der Waals surface area contributed by atoms with Gasteiger partial charge in [0.25, 0.3) is 0 Å². The van der Waals surface area contributed by atoms with Gasteiger partial charge in [-0.25, -0.2) is 0 Å². The Labute approximate surface area is 120 Å². The van der Waals surface area contributed by atoms with Crippen molar-refractivity contribution in [2.24, 2.45) is 0 Å². The van der Waals surface area contributed by atoms with E-state index in [0.29, 0.717) is 0 Å². The average Bonchev–Trinajstić information content (AvgIpc) is 2.36. The first kappa shape index (κ1) is 16.5. The molecule has 1 aliphatic rings. The summed E-state index contributed by atoms with van der Waals surface area (Å²) in [6.45, 7) is 10.2. The first-order valence-electron chi connectivity index (χ1n) is 7.67. The number of likely N-dealkylation sites (tertiary alicyclic amines) is 1. The van der Waals surface area contributed by atoms with Crippen LogP contribution in [0.1, 0.15) is 46.5 Å². The maximum Gasteiger partial charge on any atom is 0.0165 e. The highest BCUT2D eigenvalue weighted by molar-refractivity contribution is 5.03. The number of likely N-dealkylation sites (N-methyl/N-ethyl adjacent to an activating group) is 1. The van der Waals surface area contributed by atoms with Crippen molar-refractivity contribution in [1.82, 2.24) is 9.80 Å². The lowest BCUT2D eigenvalue weighted by Gasteiger charge is -2.34. The molecule has 110 valence electrons. The summed E-state index contributed by atoms with van der Waals surface area (Å²) in [5.74, 6) is 0. The Hall–Kier alpha value is -0.600.